The van der Waals surface area contributed by atoms with Gasteiger partial charge in [0.05, 0.1) is 7.11 Å². The van der Waals surface area contributed by atoms with Gasteiger partial charge in [0, 0.05) is 24.5 Å². The Bertz CT molecular complexity index is 537. The van der Waals surface area contributed by atoms with Crippen LogP contribution in [0.1, 0.15) is 23.7 Å². The second-order valence-electron chi connectivity index (χ2n) is 5.11. The highest BCUT2D eigenvalue weighted by Gasteiger charge is 2.07. The Morgan fingerprint density at radius 1 is 1.20 bits per heavy atom. The molecule has 0 amide bonds. The third kappa shape index (κ3) is 4.07. The first kappa shape index (κ1) is 14.5. The highest BCUT2D eigenvalue weighted by molar-refractivity contribution is 5.33. The Balaban J connectivity index is 1.89. The summed E-state index contributed by atoms with van der Waals surface area (Å²) in [6, 6.07) is 12.7. The normalized spacial score (nSPS) is 12.2. The van der Waals surface area contributed by atoms with E-state index in [9.17, 15) is 0 Å². The number of ether oxygens (including phenoxy) is 1. The maximum Gasteiger partial charge on any atom is 0.122 e. The van der Waals surface area contributed by atoms with E-state index in [0.29, 0.717) is 6.04 Å². The van der Waals surface area contributed by atoms with Crippen molar-refractivity contribution in [3.05, 3.63) is 59.4 Å². The van der Waals surface area contributed by atoms with Crippen LogP contribution < -0.4 is 10.1 Å². The maximum atomic E-state index is 5.38. The molecule has 3 nitrogen and oxygen atoms in total. The second-order valence-corrected chi connectivity index (χ2v) is 5.11. The van der Waals surface area contributed by atoms with Crippen molar-refractivity contribution < 1.29 is 4.74 Å². The summed E-state index contributed by atoms with van der Waals surface area (Å²) in [6.07, 6.45) is 2.88. The quantitative estimate of drug-likeness (QED) is 0.875. The predicted octanol–water partition coefficient (Wildman–Crippen LogP) is 3.12. The summed E-state index contributed by atoms with van der Waals surface area (Å²) in [5, 5.41) is 3.52. The van der Waals surface area contributed by atoms with Gasteiger partial charge in [-0.25, -0.2) is 0 Å². The molecule has 1 atom stereocenters. The highest BCUT2D eigenvalue weighted by Crippen LogP contribution is 2.18. The van der Waals surface area contributed by atoms with Crippen molar-refractivity contribution >= 4 is 0 Å². The minimum atomic E-state index is 0.382. The summed E-state index contributed by atoms with van der Waals surface area (Å²) in [5.41, 5.74) is 3.50. The monoisotopic (exact) mass is 270 g/mol. The topological polar surface area (TPSA) is 34.1 Å². The number of nitrogens with zero attached hydrogens (tertiary/aromatic N) is 1. The van der Waals surface area contributed by atoms with Crippen LogP contribution in [0.5, 0.6) is 5.75 Å². The Morgan fingerprint density at radius 2 is 2.00 bits per heavy atom. The van der Waals surface area contributed by atoms with Gasteiger partial charge in [0.2, 0.25) is 0 Å². The van der Waals surface area contributed by atoms with E-state index in [2.05, 4.69) is 35.4 Å². The summed E-state index contributed by atoms with van der Waals surface area (Å²) >= 11 is 0. The van der Waals surface area contributed by atoms with E-state index in [4.69, 9.17) is 4.74 Å². The number of methoxy groups -OCH3 is 1. The SMILES string of the molecule is COc1ccccc1CC(C)NCc1ccc(C)nc1. The summed E-state index contributed by atoms with van der Waals surface area (Å²) in [7, 11) is 1.72. The van der Waals surface area contributed by atoms with E-state index in [1.54, 1.807) is 7.11 Å². The van der Waals surface area contributed by atoms with Gasteiger partial charge >= 0.3 is 0 Å². The summed E-state index contributed by atoms with van der Waals surface area (Å²) in [4.78, 5) is 4.31. The zero-order valence-corrected chi connectivity index (χ0v) is 12.4. The zero-order chi connectivity index (χ0) is 14.4. The lowest BCUT2D eigenvalue weighted by atomic mass is 10.1. The fourth-order valence-electron chi connectivity index (χ4n) is 2.17. The molecule has 2 rings (SSSR count). The van der Waals surface area contributed by atoms with Crippen molar-refractivity contribution in [3.63, 3.8) is 0 Å². The number of aryl methyl sites for hydroxylation is 1. The van der Waals surface area contributed by atoms with Crippen LogP contribution in [-0.4, -0.2) is 18.1 Å². The van der Waals surface area contributed by atoms with Crippen LogP contribution in [0.25, 0.3) is 0 Å². The number of benzene rings is 1. The van der Waals surface area contributed by atoms with E-state index in [-0.39, 0.29) is 0 Å². The Hall–Kier alpha value is -1.87. The molecule has 1 heterocycles. The number of rotatable bonds is 6. The van der Waals surface area contributed by atoms with Crippen LogP contribution >= 0.6 is 0 Å². The smallest absolute Gasteiger partial charge is 0.122 e. The molecule has 0 fully saturated rings. The molecule has 0 saturated carbocycles. The minimum absolute atomic E-state index is 0.382. The molecule has 0 saturated heterocycles. The molecule has 3 heteroatoms. The number of para-hydroxylation sites is 1. The molecule has 0 spiro atoms. The van der Waals surface area contributed by atoms with Crippen molar-refractivity contribution in [2.45, 2.75) is 32.9 Å². The molecule has 0 bridgehead atoms. The van der Waals surface area contributed by atoms with E-state index < -0.39 is 0 Å². The lowest BCUT2D eigenvalue weighted by molar-refractivity contribution is 0.406. The first-order valence-corrected chi connectivity index (χ1v) is 6.96. The van der Waals surface area contributed by atoms with Crippen LogP contribution in [0, 0.1) is 6.92 Å². The molecule has 20 heavy (non-hydrogen) atoms. The van der Waals surface area contributed by atoms with E-state index >= 15 is 0 Å². The van der Waals surface area contributed by atoms with E-state index in [1.165, 1.54) is 11.1 Å². The average molecular weight is 270 g/mol. The molecule has 106 valence electrons. The number of nitrogens with one attached hydrogen (secondary N) is 1. The van der Waals surface area contributed by atoms with E-state index in [0.717, 1.165) is 24.4 Å². The second kappa shape index (κ2) is 7.06. The molecule has 0 radical (unpaired) electrons. The molecule has 1 aromatic heterocycles. The number of hydrogen-bond acceptors (Lipinski definition) is 3. The first-order chi connectivity index (χ1) is 9.69. The first-order valence-electron chi connectivity index (χ1n) is 6.96. The van der Waals surface area contributed by atoms with Gasteiger partial charge in [0.15, 0.2) is 0 Å². The molecule has 1 aromatic carbocycles. The van der Waals surface area contributed by atoms with Gasteiger partial charge in [-0.15, -0.1) is 0 Å². The maximum absolute atomic E-state index is 5.38. The van der Waals surface area contributed by atoms with Crippen LogP contribution in [0.4, 0.5) is 0 Å². The van der Waals surface area contributed by atoms with Gasteiger partial charge in [-0.05, 0) is 43.5 Å². The van der Waals surface area contributed by atoms with Gasteiger partial charge in [0.1, 0.15) is 5.75 Å². The van der Waals surface area contributed by atoms with Gasteiger partial charge in [-0.2, -0.15) is 0 Å². The van der Waals surface area contributed by atoms with Crippen LogP contribution in [0.15, 0.2) is 42.6 Å². The number of hydrogen-bond donors (Lipinski definition) is 1. The van der Waals surface area contributed by atoms with Gasteiger partial charge in [0.25, 0.3) is 0 Å². The lowest BCUT2D eigenvalue weighted by Gasteiger charge is -2.16. The molecular weight excluding hydrogens is 248 g/mol. The van der Waals surface area contributed by atoms with Crippen molar-refractivity contribution in [1.29, 1.82) is 0 Å². The Kier molecular flexibility index (Phi) is 5.13. The Morgan fingerprint density at radius 3 is 2.70 bits per heavy atom. The summed E-state index contributed by atoms with van der Waals surface area (Å²) in [5.74, 6) is 0.957. The number of pyridine rings is 1. The van der Waals surface area contributed by atoms with Crippen molar-refractivity contribution in [1.82, 2.24) is 10.3 Å². The van der Waals surface area contributed by atoms with Crippen molar-refractivity contribution in [3.8, 4) is 5.75 Å². The van der Waals surface area contributed by atoms with Crippen molar-refractivity contribution in [2.75, 3.05) is 7.11 Å². The summed E-state index contributed by atoms with van der Waals surface area (Å²) in [6.45, 7) is 5.03. The molecule has 0 aliphatic heterocycles. The standard InChI is InChI=1S/C17H22N2O/c1-13-8-9-15(11-18-13)12-19-14(2)10-16-6-4-5-7-17(16)20-3/h4-9,11,14,19H,10,12H2,1-3H3. The largest absolute Gasteiger partial charge is 0.496 e. The van der Waals surface area contributed by atoms with Crippen LogP contribution in [0.3, 0.4) is 0 Å². The van der Waals surface area contributed by atoms with Crippen LogP contribution in [0.2, 0.25) is 0 Å². The van der Waals surface area contributed by atoms with Gasteiger partial charge in [-0.1, -0.05) is 24.3 Å². The molecule has 0 aliphatic rings. The zero-order valence-electron chi connectivity index (χ0n) is 12.4. The van der Waals surface area contributed by atoms with Gasteiger partial charge < -0.3 is 10.1 Å². The van der Waals surface area contributed by atoms with Gasteiger partial charge in [-0.3, -0.25) is 4.98 Å². The fraction of sp³-hybridized carbons (Fsp3) is 0.353. The Labute approximate surface area is 121 Å². The molecule has 1 unspecified atom stereocenters. The predicted molar refractivity (Wildman–Crippen MR) is 82.0 cm³/mol. The third-order valence-corrected chi connectivity index (χ3v) is 3.35. The molecule has 1 N–H and O–H groups in total. The van der Waals surface area contributed by atoms with Crippen molar-refractivity contribution in [2.24, 2.45) is 0 Å². The number of aromatic nitrogens is 1. The fourth-order valence-corrected chi connectivity index (χ4v) is 2.17. The lowest BCUT2D eigenvalue weighted by Crippen LogP contribution is -2.27. The molecule has 2 aromatic rings. The minimum Gasteiger partial charge on any atom is -0.496 e. The van der Waals surface area contributed by atoms with E-state index in [1.807, 2.05) is 31.3 Å². The molecular formula is C17H22N2O. The summed E-state index contributed by atoms with van der Waals surface area (Å²) < 4.78 is 5.38. The highest BCUT2D eigenvalue weighted by atomic mass is 16.5. The molecule has 0 aliphatic carbocycles. The third-order valence-electron chi connectivity index (χ3n) is 3.35. The van der Waals surface area contributed by atoms with Crippen LogP contribution in [-0.2, 0) is 13.0 Å². The average Bonchev–Trinajstić information content (AvgIpc) is 2.47.